The third-order valence-electron chi connectivity index (χ3n) is 1.77. The summed E-state index contributed by atoms with van der Waals surface area (Å²) in [5, 5.41) is 20.1. The summed E-state index contributed by atoms with van der Waals surface area (Å²) in [6, 6.07) is 2.46. The first-order valence-corrected chi connectivity index (χ1v) is 5.30. The molecule has 0 spiro atoms. The Labute approximate surface area is 99.3 Å². The molecule has 0 bridgehead atoms. The largest absolute Gasteiger partial charge is 0.394 e. The van der Waals surface area contributed by atoms with Crippen molar-refractivity contribution in [1.82, 2.24) is 0 Å². The van der Waals surface area contributed by atoms with Gasteiger partial charge in [0.1, 0.15) is 0 Å². The van der Waals surface area contributed by atoms with Gasteiger partial charge in [0.15, 0.2) is 11.6 Å². The summed E-state index contributed by atoms with van der Waals surface area (Å²) >= 11 is 1.85. The van der Waals surface area contributed by atoms with Gasteiger partial charge in [-0.3, -0.25) is 0 Å². The van der Waals surface area contributed by atoms with E-state index < -0.39 is 24.3 Å². The Bertz CT molecular complexity index is 349. The van der Waals surface area contributed by atoms with Crippen LogP contribution in [-0.2, 0) is 0 Å². The second-order valence-electron chi connectivity index (χ2n) is 2.94. The zero-order valence-corrected chi connectivity index (χ0v) is 9.83. The Balaban J connectivity index is 2.80. The van der Waals surface area contributed by atoms with Gasteiger partial charge in [-0.1, -0.05) is 0 Å². The molecule has 1 rings (SSSR count). The molecule has 0 fully saturated rings. The van der Waals surface area contributed by atoms with E-state index in [1.165, 1.54) is 6.07 Å². The number of rotatable bonds is 4. The summed E-state index contributed by atoms with van der Waals surface area (Å²) in [5.41, 5.74) is 0.00287. The second-order valence-corrected chi connectivity index (χ2v) is 4.10. The minimum atomic E-state index is -0.997. The van der Waals surface area contributed by atoms with Crippen LogP contribution in [0.3, 0.4) is 0 Å². The van der Waals surface area contributed by atoms with Crippen molar-refractivity contribution in [3.63, 3.8) is 0 Å². The maximum absolute atomic E-state index is 13.2. The molecular weight excluding hydrogens is 319 g/mol. The molecule has 0 aliphatic carbocycles. The molecule has 1 aromatic carbocycles. The maximum Gasteiger partial charge on any atom is 0.182 e. The zero-order valence-electron chi connectivity index (χ0n) is 7.67. The number of aliphatic hydroxyl groups excluding tert-OH is 2. The van der Waals surface area contributed by atoms with E-state index in [0.29, 0.717) is 3.57 Å². The smallest absolute Gasteiger partial charge is 0.182 e. The summed E-state index contributed by atoms with van der Waals surface area (Å²) in [5.74, 6) is -1.93. The van der Waals surface area contributed by atoms with Crippen LogP contribution < -0.4 is 5.32 Å². The van der Waals surface area contributed by atoms with Crippen molar-refractivity contribution in [3.8, 4) is 0 Å². The lowest BCUT2D eigenvalue weighted by Gasteiger charge is -2.12. The Morgan fingerprint density at radius 1 is 1.40 bits per heavy atom. The first-order valence-electron chi connectivity index (χ1n) is 4.22. The fourth-order valence-electron chi connectivity index (χ4n) is 0.974. The lowest BCUT2D eigenvalue weighted by atomic mass is 10.2. The SMILES string of the molecule is OCC(O)CNc1c(I)ccc(F)c1F. The van der Waals surface area contributed by atoms with Crippen molar-refractivity contribution in [2.45, 2.75) is 6.10 Å². The van der Waals surface area contributed by atoms with Gasteiger partial charge in [-0.2, -0.15) is 0 Å². The van der Waals surface area contributed by atoms with E-state index >= 15 is 0 Å². The van der Waals surface area contributed by atoms with Gasteiger partial charge >= 0.3 is 0 Å². The molecule has 1 aromatic rings. The predicted molar refractivity (Wildman–Crippen MR) is 60.7 cm³/mol. The molecule has 15 heavy (non-hydrogen) atoms. The van der Waals surface area contributed by atoms with Crippen LogP contribution in [0.2, 0.25) is 0 Å². The van der Waals surface area contributed by atoms with Crippen molar-refractivity contribution in [3.05, 3.63) is 27.3 Å². The molecule has 3 nitrogen and oxygen atoms in total. The molecule has 1 atom stereocenters. The van der Waals surface area contributed by atoms with Crippen LogP contribution in [0.5, 0.6) is 0 Å². The number of halogens is 3. The highest BCUT2D eigenvalue weighted by molar-refractivity contribution is 14.1. The van der Waals surface area contributed by atoms with E-state index in [1.807, 2.05) is 22.6 Å². The summed E-state index contributed by atoms with van der Waals surface area (Å²) < 4.78 is 26.6. The molecule has 3 N–H and O–H groups in total. The van der Waals surface area contributed by atoms with Crippen molar-refractivity contribution in [2.75, 3.05) is 18.5 Å². The standard InChI is InChI=1S/C9H10F2INO2/c10-6-1-2-7(12)9(8(6)11)13-3-5(15)4-14/h1-2,5,13-15H,3-4H2. The highest BCUT2D eigenvalue weighted by Gasteiger charge is 2.12. The summed E-state index contributed by atoms with van der Waals surface area (Å²) in [6.07, 6.45) is -0.997. The molecule has 0 saturated carbocycles. The van der Waals surface area contributed by atoms with Crippen LogP contribution in [0.15, 0.2) is 12.1 Å². The van der Waals surface area contributed by atoms with Gasteiger partial charge in [-0.15, -0.1) is 0 Å². The van der Waals surface area contributed by atoms with E-state index in [0.717, 1.165) is 6.07 Å². The van der Waals surface area contributed by atoms with Crippen LogP contribution in [0.1, 0.15) is 0 Å². The fourth-order valence-corrected chi connectivity index (χ4v) is 1.58. The number of nitrogens with one attached hydrogen (secondary N) is 1. The van der Waals surface area contributed by atoms with Gasteiger partial charge in [0.05, 0.1) is 18.4 Å². The normalized spacial score (nSPS) is 12.6. The Morgan fingerprint density at radius 2 is 2.07 bits per heavy atom. The molecule has 0 saturated heterocycles. The Hall–Kier alpha value is -0.470. The second kappa shape index (κ2) is 5.57. The summed E-state index contributed by atoms with van der Waals surface area (Å²) in [6.45, 7) is -0.465. The molecule has 0 radical (unpaired) electrons. The number of benzene rings is 1. The van der Waals surface area contributed by atoms with Gasteiger partial charge in [-0.05, 0) is 34.7 Å². The first-order chi connectivity index (χ1) is 7.06. The van der Waals surface area contributed by atoms with E-state index in [2.05, 4.69) is 5.32 Å². The third kappa shape index (κ3) is 3.25. The van der Waals surface area contributed by atoms with Crippen molar-refractivity contribution < 1.29 is 19.0 Å². The monoisotopic (exact) mass is 329 g/mol. The number of hydrogen-bond donors (Lipinski definition) is 3. The van der Waals surface area contributed by atoms with E-state index in [9.17, 15) is 8.78 Å². The number of hydrogen-bond acceptors (Lipinski definition) is 3. The Kier molecular flexibility index (Phi) is 4.68. The minimum Gasteiger partial charge on any atom is -0.394 e. The van der Waals surface area contributed by atoms with Crippen LogP contribution in [0.4, 0.5) is 14.5 Å². The molecule has 0 aromatic heterocycles. The molecule has 0 heterocycles. The highest BCUT2D eigenvalue weighted by Crippen LogP contribution is 2.23. The topological polar surface area (TPSA) is 52.5 Å². The number of aliphatic hydroxyl groups is 2. The lowest BCUT2D eigenvalue weighted by Crippen LogP contribution is -2.23. The summed E-state index contributed by atoms with van der Waals surface area (Å²) in [4.78, 5) is 0. The van der Waals surface area contributed by atoms with E-state index in [-0.39, 0.29) is 12.2 Å². The maximum atomic E-state index is 13.2. The van der Waals surface area contributed by atoms with Crippen LogP contribution in [-0.4, -0.2) is 29.5 Å². The van der Waals surface area contributed by atoms with Crippen LogP contribution in [0, 0.1) is 15.2 Å². The molecule has 1 unspecified atom stereocenters. The minimum absolute atomic E-state index is 0.00287. The molecule has 0 aliphatic heterocycles. The Morgan fingerprint density at radius 3 is 2.67 bits per heavy atom. The quantitative estimate of drug-likeness (QED) is 0.577. The summed E-state index contributed by atoms with van der Waals surface area (Å²) in [7, 11) is 0. The van der Waals surface area contributed by atoms with Crippen LogP contribution >= 0.6 is 22.6 Å². The van der Waals surface area contributed by atoms with E-state index in [4.69, 9.17) is 10.2 Å². The van der Waals surface area contributed by atoms with Crippen LogP contribution in [0.25, 0.3) is 0 Å². The zero-order chi connectivity index (χ0) is 11.4. The average Bonchev–Trinajstić information content (AvgIpc) is 2.23. The van der Waals surface area contributed by atoms with Crippen molar-refractivity contribution >= 4 is 28.3 Å². The molecular formula is C9H10F2INO2. The lowest BCUT2D eigenvalue weighted by molar-refractivity contribution is 0.105. The highest BCUT2D eigenvalue weighted by atomic mass is 127. The van der Waals surface area contributed by atoms with Gasteiger partial charge in [-0.25, -0.2) is 8.78 Å². The molecule has 6 heteroatoms. The predicted octanol–water partition coefficient (Wildman–Crippen LogP) is 1.33. The third-order valence-corrected chi connectivity index (χ3v) is 2.67. The molecule has 84 valence electrons. The van der Waals surface area contributed by atoms with Gasteiger partial charge in [0, 0.05) is 10.1 Å². The van der Waals surface area contributed by atoms with Gasteiger partial charge in [0.25, 0.3) is 0 Å². The van der Waals surface area contributed by atoms with Gasteiger partial charge < -0.3 is 15.5 Å². The fraction of sp³-hybridized carbons (Fsp3) is 0.333. The van der Waals surface area contributed by atoms with Crippen molar-refractivity contribution in [1.29, 1.82) is 0 Å². The first kappa shape index (κ1) is 12.6. The van der Waals surface area contributed by atoms with E-state index in [1.54, 1.807) is 0 Å². The van der Waals surface area contributed by atoms with Gasteiger partial charge in [0.2, 0.25) is 0 Å². The molecule has 0 aliphatic rings. The van der Waals surface area contributed by atoms with Crippen molar-refractivity contribution in [2.24, 2.45) is 0 Å². The molecule has 0 amide bonds. The average molecular weight is 329 g/mol. The number of anilines is 1.